The fourth-order valence-corrected chi connectivity index (χ4v) is 119. The Kier molecular flexibility index (Phi) is 1.88. The molecule has 4 aromatic rings. The van der Waals surface area contributed by atoms with E-state index in [1.54, 1.807) is 27.4 Å². The number of aryl methyl sites for hydroxylation is 4. The Labute approximate surface area is 242 Å². The van der Waals surface area contributed by atoms with Crippen LogP contribution in [0.4, 0.5) is 0 Å². The van der Waals surface area contributed by atoms with E-state index in [1.165, 1.54) is 60.8 Å². The molecule has 0 radical (unpaired) electrons. The summed E-state index contributed by atoms with van der Waals surface area (Å²) in [5.41, 5.74) is 5.82. The van der Waals surface area contributed by atoms with Crippen molar-refractivity contribution < 1.29 is 6.51 Å². The topological polar surface area (TPSA) is 0 Å². The predicted molar refractivity (Wildman–Crippen MR) is 177 cm³/mol. The molecule has 10 aliphatic rings. The summed E-state index contributed by atoms with van der Waals surface area (Å²) >= 11 is 0. The Morgan fingerprint density at radius 3 is 1.33 bits per heavy atom. The molecule has 4 unspecified atom stereocenters. The van der Waals surface area contributed by atoms with Gasteiger partial charge in [0.1, 0.15) is 0 Å². The quantitative estimate of drug-likeness (QED) is 0.142. The van der Waals surface area contributed by atoms with E-state index in [1.807, 2.05) is 0 Å². The average molecular weight is 625 g/mol. The molecule has 0 saturated carbocycles. The molecule has 0 nitrogen and oxygen atoms in total. The zero-order valence-corrected chi connectivity index (χ0v) is 27.7. The summed E-state index contributed by atoms with van der Waals surface area (Å²) < 4.78 is 1.55. The summed E-state index contributed by atoms with van der Waals surface area (Å²) in [6.45, 7) is 5.56. The molecule has 10 fully saturated rings. The van der Waals surface area contributed by atoms with Gasteiger partial charge in [0.25, 0.3) is 0 Å². The van der Waals surface area contributed by atoms with Crippen molar-refractivity contribution in [3.63, 3.8) is 0 Å². The van der Waals surface area contributed by atoms with E-state index in [0.29, 0.717) is 0 Å². The molecule has 5 atom stereocenters. The third-order valence-electron chi connectivity index (χ3n) is 20.9. The Balaban J connectivity index is 1.06. The van der Waals surface area contributed by atoms with Crippen molar-refractivity contribution in [1.82, 2.24) is 0 Å². The standard InChI is InChI=1S/C34H33P2.C5H5.Fe/c1-25-18-26(2)21-32(20-25)35(33-22-27(3)19-28(4)23-33)24-29-12-11-17-34(29)36(30-13-7-5-8-14-30)31-15-9-6-10-16-31;1-2-4-5-3-1;/h5-23H,24H2,1-4H3;1-5H;. The first-order valence-corrected chi connectivity index (χ1v) is 25.3. The fraction of sp³-hybridized carbons (Fsp3) is 0.385. The first-order chi connectivity index (χ1) is 20.2. The molecule has 42 heavy (non-hydrogen) atoms. The van der Waals surface area contributed by atoms with Gasteiger partial charge in [-0.2, -0.15) is 0 Å². The van der Waals surface area contributed by atoms with Crippen LogP contribution in [0.25, 0.3) is 0 Å². The Hall–Kier alpha value is -1.74. The van der Waals surface area contributed by atoms with E-state index in [-0.39, 0.29) is 15.8 Å². The van der Waals surface area contributed by atoms with Crippen LogP contribution >= 0.6 is 15.8 Å². The van der Waals surface area contributed by atoms with Gasteiger partial charge >= 0.3 is 244 Å². The molecule has 212 valence electrons. The Morgan fingerprint density at radius 2 is 0.952 bits per heavy atom. The number of rotatable bonds is 7. The second kappa shape index (κ2) is 3.60. The van der Waals surface area contributed by atoms with Crippen LogP contribution in [-0.4, -0.2) is 10.2 Å². The minimum atomic E-state index is -3.78. The van der Waals surface area contributed by atoms with Crippen molar-refractivity contribution in [3.8, 4) is 0 Å². The summed E-state index contributed by atoms with van der Waals surface area (Å²) in [5.74, 6) is 0. The molecule has 0 amide bonds. The summed E-state index contributed by atoms with van der Waals surface area (Å²) in [5, 5.41) is 6.83. The summed E-state index contributed by atoms with van der Waals surface area (Å²) in [6, 6.07) is 39.4. The van der Waals surface area contributed by atoms with E-state index in [0.717, 1.165) is 8.37 Å². The van der Waals surface area contributed by atoms with Crippen molar-refractivity contribution in [3.05, 3.63) is 119 Å². The molecular formula is C39H38FeP2. The molecule has 0 N–H and O–H groups in total. The third-order valence-corrected chi connectivity index (χ3v) is 74.1. The Bertz CT molecular complexity index is 2240. The second-order valence-electron chi connectivity index (χ2n) is 18.1. The van der Waals surface area contributed by atoms with Crippen LogP contribution in [0.2, 0.25) is 42.8 Å². The molecule has 4 aromatic carbocycles. The number of benzene rings is 4. The van der Waals surface area contributed by atoms with Gasteiger partial charge in [-0.05, 0) is 0 Å². The van der Waals surface area contributed by atoms with Crippen molar-refractivity contribution in [2.45, 2.75) is 74.6 Å². The fourth-order valence-electron chi connectivity index (χ4n) is 22.4. The molecule has 1 spiro atoms. The molecule has 14 rings (SSSR count). The van der Waals surface area contributed by atoms with Crippen LogP contribution in [0.15, 0.2) is 97.1 Å². The van der Waals surface area contributed by atoms with Crippen molar-refractivity contribution in [2.24, 2.45) is 0 Å². The number of hydrogen-bond acceptors (Lipinski definition) is 0. The molecule has 10 heterocycles. The predicted octanol–water partition coefficient (Wildman–Crippen LogP) is 9.15. The Morgan fingerprint density at radius 1 is 0.524 bits per heavy atom. The van der Waals surface area contributed by atoms with E-state index in [2.05, 4.69) is 125 Å². The summed E-state index contributed by atoms with van der Waals surface area (Å²) in [6.07, 6.45) is 1.55. The molecule has 0 aliphatic carbocycles. The van der Waals surface area contributed by atoms with Gasteiger partial charge in [-0.25, -0.2) is 0 Å². The van der Waals surface area contributed by atoms with Gasteiger partial charge in [0.2, 0.25) is 0 Å². The monoisotopic (exact) mass is 624 g/mol. The zero-order valence-electron chi connectivity index (χ0n) is 24.8. The average Bonchev–Trinajstić information content (AvgIpc) is 3.92. The minimum absolute atomic E-state index is 0.300. The van der Waals surface area contributed by atoms with Crippen molar-refractivity contribution >= 4 is 37.1 Å². The van der Waals surface area contributed by atoms with Crippen LogP contribution in [0.1, 0.15) is 22.3 Å². The van der Waals surface area contributed by atoms with E-state index in [4.69, 9.17) is 0 Å². The third kappa shape index (κ3) is 0.622. The van der Waals surface area contributed by atoms with Gasteiger partial charge in [0, 0.05) is 0 Å². The van der Waals surface area contributed by atoms with Crippen molar-refractivity contribution in [2.75, 3.05) is 6.16 Å². The molecular weight excluding hydrogens is 586 g/mol. The van der Waals surface area contributed by atoms with Crippen LogP contribution in [0.5, 0.6) is 0 Å². The van der Waals surface area contributed by atoms with Gasteiger partial charge in [-0.3, -0.25) is 0 Å². The maximum absolute atomic E-state index is 3.78. The van der Waals surface area contributed by atoms with Gasteiger partial charge in [-0.15, -0.1) is 0 Å². The zero-order chi connectivity index (χ0) is 27.7. The number of hydrogen-bond donors (Lipinski definition) is 0. The van der Waals surface area contributed by atoms with Crippen LogP contribution in [-0.2, 0) is 6.51 Å². The summed E-state index contributed by atoms with van der Waals surface area (Å²) in [7, 11) is -0.671. The first kappa shape index (κ1) is 21.9. The van der Waals surface area contributed by atoms with Crippen LogP contribution in [0.3, 0.4) is 0 Å². The molecule has 0 aromatic heterocycles. The van der Waals surface area contributed by atoms with Gasteiger partial charge in [0.15, 0.2) is 0 Å². The van der Waals surface area contributed by atoms with Crippen molar-refractivity contribution in [1.29, 1.82) is 0 Å². The summed E-state index contributed by atoms with van der Waals surface area (Å²) in [4.78, 5) is 10.4. The van der Waals surface area contributed by atoms with Gasteiger partial charge < -0.3 is 0 Å². The molecule has 3 heteroatoms. The second-order valence-corrected chi connectivity index (χ2v) is 46.5. The maximum atomic E-state index is 2.60. The first-order valence-electron chi connectivity index (χ1n) is 16.2. The number of fused-ring (bicyclic) bond motifs is 10. The van der Waals surface area contributed by atoms with E-state index >= 15 is 0 Å². The van der Waals surface area contributed by atoms with Crippen LogP contribution < -0.4 is 21.2 Å². The van der Waals surface area contributed by atoms with Gasteiger partial charge in [-0.1, -0.05) is 0 Å². The molecule has 0 bridgehead atoms. The normalized spacial score (nSPS) is 57.1. The molecule has 10 saturated heterocycles. The van der Waals surface area contributed by atoms with Gasteiger partial charge in [0.05, 0.1) is 0 Å². The van der Waals surface area contributed by atoms with Crippen LogP contribution in [0, 0.1) is 27.7 Å². The molecule has 10 aliphatic heterocycles. The van der Waals surface area contributed by atoms with E-state index < -0.39 is 6.51 Å². The van der Waals surface area contributed by atoms with E-state index in [9.17, 15) is 0 Å². The SMILES string of the molecule is Cc1cc(C)cc(P(C[C@@]23[CH]4[CH]5[CH]6[C]2(P(c2ccccc2)c2ccccc2)[Fe]56432789[CH]3[CH]2[CH]7[CH]8[CH]39)c2cc(C)cc(C)c2)c1.